The number of terminal acetylenes is 1. The van der Waals surface area contributed by atoms with E-state index >= 15 is 0 Å². The second kappa shape index (κ2) is 8.88. The fourth-order valence-corrected chi connectivity index (χ4v) is 5.51. The predicted molar refractivity (Wildman–Crippen MR) is 116 cm³/mol. The first-order chi connectivity index (χ1) is 14.7. The number of hydrogen-bond donors (Lipinski definition) is 0. The maximum atomic E-state index is 13.1. The van der Waals surface area contributed by atoms with Gasteiger partial charge in [0.1, 0.15) is 5.69 Å². The Morgan fingerprint density at radius 1 is 1.23 bits per heavy atom. The van der Waals surface area contributed by atoms with Gasteiger partial charge in [0.05, 0.1) is 17.3 Å². The summed E-state index contributed by atoms with van der Waals surface area (Å²) in [5.41, 5.74) is 1.19. The zero-order valence-corrected chi connectivity index (χ0v) is 18.8. The van der Waals surface area contributed by atoms with Crippen molar-refractivity contribution in [1.82, 2.24) is 9.46 Å². The number of aromatic nitrogens is 1. The van der Waals surface area contributed by atoms with E-state index in [-0.39, 0.29) is 22.1 Å². The molecule has 9 heteroatoms. The highest BCUT2D eigenvalue weighted by atomic mass is 32.2. The van der Waals surface area contributed by atoms with Crippen LogP contribution < -0.4 is 0 Å². The number of rotatable bonds is 7. The molecule has 0 aliphatic carbocycles. The van der Waals surface area contributed by atoms with Crippen LogP contribution in [0.25, 0.3) is 0 Å². The lowest BCUT2D eigenvalue weighted by Gasteiger charge is -2.23. The molecular formula is C22H20N2O5S2. The van der Waals surface area contributed by atoms with E-state index in [2.05, 4.69) is 11.1 Å². The molecule has 0 saturated carbocycles. The van der Waals surface area contributed by atoms with Gasteiger partial charge in [0.15, 0.2) is 10.7 Å². The molecule has 3 aromatic rings. The van der Waals surface area contributed by atoms with Gasteiger partial charge in [-0.25, -0.2) is 12.7 Å². The Kier molecular flexibility index (Phi) is 6.43. The summed E-state index contributed by atoms with van der Waals surface area (Å²) in [7, 11) is -4.25. The molecule has 3 rings (SSSR count). The summed E-state index contributed by atoms with van der Waals surface area (Å²) in [5.74, 6) is 0.702. The second-order valence-electron chi connectivity index (χ2n) is 6.86. The quantitative estimate of drug-likeness (QED) is 0.398. The molecule has 0 aliphatic rings. The lowest BCUT2D eigenvalue weighted by atomic mass is 9.98. The van der Waals surface area contributed by atoms with Gasteiger partial charge in [-0.05, 0) is 37.8 Å². The first kappa shape index (κ1) is 22.5. The molecule has 0 bridgehead atoms. The Balaban J connectivity index is 1.89. The maximum absolute atomic E-state index is 13.1. The van der Waals surface area contributed by atoms with Crippen LogP contribution in [-0.2, 0) is 14.8 Å². The molecule has 1 atom stereocenters. The Morgan fingerprint density at radius 3 is 2.42 bits per heavy atom. The maximum Gasteiger partial charge on any atom is 0.272 e. The third kappa shape index (κ3) is 4.31. The standard InChI is InChI=1S/C22H20N2O5S2/c1-5-12-24(31(27,28)21-15(3)23-29-16(21)4)22(26)14(2)17-8-10-18(11-9-17)20(25)19-7-6-13-30-19/h1,6-11,13-14H,12H2,2-4H3. The minimum Gasteiger partial charge on any atom is -0.360 e. The Morgan fingerprint density at radius 2 is 1.90 bits per heavy atom. The zero-order chi connectivity index (χ0) is 22.8. The van der Waals surface area contributed by atoms with Gasteiger partial charge in [-0.3, -0.25) is 9.59 Å². The highest BCUT2D eigenvalue weighted by Crippen LogP contribution is 2.27. The molecule has 2 aromatic heterocycles. The summed E-state index contributed by atoms with van der Waals surface area (Å²) >= 11 is 1.35. The molecule has 31 heavy (non-hydrogen) atoms. The molecule has 1 amide bonds. The van der Waals surface area contributed by atoms with Crippen molar-refractivity contribution in [1.29, 1.82) is 0 Å². The van der Waals surface area contributed by atoms with E-state index in [9.17, 15) is 18.0 Å². The van der Waals surface area contributed by atoms with E-state index in [1.54, 1.807) is 43.3 Å². The Bertz CT molecular complexity index is 1230. The monoisotopic (exact) mass is 456 g/mol. The van der Waals surface area contributed by atoms with Crippen molar-refractivity contribution in [2.45, 2.75) is 31.6 Å². The zero-order valence-electron chi connectivity index (χ0n) is 17.2. The summed E-state index contributed by atoms with van der Waals surface area (Å²) in [6.45, 7) is 4.10. The van der Waals surface area contributed by atoms with Gasteiger partial charge in [-0.15, -0.1) is 17.8 Å². The van der Waals surface area contributed by atoms with Crippen molar-refractivity contribution >= 4 is 33.1 Å². The molecule has 0 N–H and O–H groups in total. The molecule has 2 heterocycles. The second-order valence-corrected chi connectivity index (χ2v) is 9.60. The Labute approximate surface area is 184 Å². The normalized spacial score (nSPS) is 12.2. The van der Waals surface area contributed by atoms with E-state index in [0.717, 1.165) is 0 Å². The SMILES string of the molecule is C#CCN(C(=O)C(C)c1ccc(C(=O)c2cccs2)cc1)S(=O)(=O)c1c(C)noc1C. The summed E-state index contributed by atoms with van der Waals surface area (Å²) in [5, 5.41) is 5.48. The van der Waals surface area contributed by atoms with Crippen LogP contribution in [0.1, 0.15) is 45.1 Å². The van der Waals surface area contributed by atoms with Crippen molar-refractivity contribution in [3.63, 3.8) is 0 Å². The highest BCUT2D eigenvalue weighted by molar-refractivity contribution is 7.89. The Hall–Kier alpha value is -3.22. The van der Waals surface area contributed by atoms with E-state index in [4.69, 9.17) is 10.9 Å². The molecule has 1 aromatic carbocycles. The minimum absolute atomic E-state index is 0.0800. The number of carbonyl (C=O) groups excluding carboxylic acids is 2. The van der Waals surface area contributed by atoms with Crippen molar-refractivity contribution in [2.24, 2.45) is 0 Å². The highest BCUT2D eigenvalue weighted by Gasteiger charge is 2.36. The van der Waals surface area contributed by atoms with Gasteiger partial charge in [0, 0.05) is 5.56 Å². The summed E-state index contributed by atoms with van der Waals surface area (Å²) in [6.07, 6.45) is 5.35. The van der Waals surface area contributed by atoms with Crippen LogP contribution in [0.15, 0.2) is 51.2 Å². The number of hydrogen-bond acceptors (Lipinski definition) is 7. The van der Waals surface area contributed by atoms with Gasteiger partial charge >= 0.3 is 0 Å². The predicted octanol–water partition coefficient (Wildman–Crippen LogP) is 3.54. The third-order valence-electron chi connectivity index (χ3n) is 4.78. The van der Waals surface area contributed by atoms with Crippen molar-refractivity contribution < 1.29 is 22.5 Å². The average Bonchev–Trinajstić information content (AvgIpc) is 3.40. The molecular weight excluding hydrogens is 436 g/mol. The van der Waals surface area contributed by atoms with Crippen LogP contribution in [0.2, 0.25) is 0 Å². The summed E-state index contributed by atoms with van der Waals surface area (Å²) in [4.78, 5) is 26.0. The van der Waals surface area contributed by atoms with E-state index in [1.807, 2.05) is 5.38 Å². The fourth-order valence-electron chi connectivity index (χ4n) is 3.15. The fraction of sp³-hybridized carbons (Fsp3) is 0.227. The smallest absolute Gasteiger partial charge is 0.272 e. The summed E-state index contributed by atoms with van der Waals surface area (Å²) in [6, 6.07) is 10.1. The van der Waals surface area contributed by atoms with Crippen LogP contribution in [0.4, 0.5) is 0 Å². The average molecular weight is 457 g/mol. The van der Waals surface area contributed by atoms with Crippen LogP contribution in [0.5, 0.6) is 0 Å². The number of sulfonamides is 1. The third-order valence-corrected chi connectivity index (χ3v) is 7.64. The molecule has 1 unspecified atom stereocenters. The number of amides is 1. The van der Waals surface area contributed by atoms with Crippen LogP contribution in [-0.4, -0.2) is 36.1 Å². The summed E-state index contributed by atoms with van der Waals surface area (Å²) < 4.78 is 31.9. The number of thiophene rings is 1. The van der Waals surface area contributed by atoms with E-state index < -0.39 is 28.4 Å². The van der Waals surface area contributed by atoms with E-state index in [1.165, 1.54) is 25.2 Å². The molecule has 0 fully saturated rings. The molecule has 160 valence electrons. The van der Waals surface area contributed by atoms with Gasteiger partial charge in [0.2, 0.25) is 11.7 Å². The minimum atomic E-state index is -4.25. The first-order valence-electron chi connectivity index (χ1n) is 9.29. The first-order valence-corrected chi connectivity index (χ1v) is 11.6. The van der Waals surface area contributed by atoms with Crippen LogP contribution in [0.3, 0.4) is 0 Å². The molecule has 0 radical (unpaired) electrons. The van der Waals surface area contributed by atoms with Gasteiger partial charge in [-0.1, -0.05) is 41.4 Å². The van der Waals surface area contributed by atoms with Gasteiger partial charge < -0.3 is 4.52 Å². The van der Waals surface area contributed by atoms with Gasteiger partial charge in [0.25, 0.3) is 10.0 Å². The van der Waals surface area contributed by atoms with Crippen LogP contribution >= 0.6 is 11.3 Å². The molecule has 0 saturated heterocycles. The largest absolute Gasteiger partial charge is 0.360 e. The van der Waals surface area contributed by atoms with Crippen molar-refractivity contribution in [2.75, 3.05) is 6.54 Å². The number of carbonyl (C=O) groups is 2. The number of aryl methyl sites for hydroxylation is 2. The van der Waals surface area contributed by atoms with Crippen LogP contribution in [0, 0.1) is 26.2 Å². The molecule has 7 nitrogen and oxygen atoms in total. The van der Waals surface area contributed by atoms with Gasteiger partial charge in [-0.2, -0.15) is 0 Å². The number of nitrogens with zero attached hydrogens (tertiary/aromatic N) is 2. The van der Waals surface area contributed by atoms with E-state index in [0.29, 0.717) is 20.3 Å². The van der Waals surface area contributed by atoms with Crippen molar-refractivity contribution in [3.8, 4) is 12.3 Å². The van der Waals surface area contributed by atoms with Crippen molar-refractivity contribution in [3.05, 3.63) is 69.2 Å². The number of ketones is 1. The molecule has 0 spiro atoms. The number of benzene rings is 1. The lowest BCUT2D eigenvalue weighted by molar-refractivity contribution is -0.127. The lowest BCUT2D eigenvalue weighted by Crippen LogP contribution is -2.40. The molecule has 0 aliphatic heterocycles. The topological polar surface area (TPSA) is 97.6 Å².